The fourth-order valence-corrected chi connectivity index (χ4v) is 3.06. The first kappa shape index (κ1) is 20.5. The molecule has 1 heterocycles. The van der Waals surface area contributed by atoms with E-state index in [1.807, 2.05) is 48.1 Å². The van der Waals surface area contributed by atoms with Crippen molar-refractivity contribution in [1.29, 1.82) is 0 Å². The van der Waals surface area contributed by atoms with Gasteiger partial charge in [-0.25, -0.2) is 9.07 Å². The number of hydrogen-bond donors (Lipinski definition) is 1. The van der Waals surface area contributed by atoms with E-state index in [1.54, 1.807) is 0 Å². The van der Waals surface area contributed by atoms with E-state index in [0.29, 0.717) is 12.1 Å². The SMILES string of the molecule is Cc1nn(-c2ccccc2)cc1CCCNC(=O)CCC(=O)c1ccc(F)cc1. The Morgan fingerprint density at radius 2 is 1.76 bits per heavy atom. The molecule has 0 aliphatic carbocycles. The summed E-state index contributed by atoms with van der Waals surface area (Å²) in [6.45, 7) is 2.52. The van der Waals surface area contributed by atoms with Crippen LogP contribution in [0.3, 0.4) is 0 Å². The van der Waals surface area contributed by atoms with Gasteiger partial charge in [-0.2, -0.15) is 5.10 Å². The van der Waals surface area contributed by atoms with Gasteiger partial charge in [0.25, 0.3) is 0 Å². The van der Waals surface area contributed by atoms with Crippen LogP contribution in [0.1, 0.15) is 40.9 Å². The zero-order valence-electron chi connectivity index (χ0n) is 16.4. The molecular weight excluding hydrogens is 369 g/mol. The minimum atomic E-state index is -0.385. The molecule has 5 nitrogen and oxygen atoms in total. The molecule has 1 N–H and O–H groups in total. The number of hydrogen-bond acceptors (Lipinski definition) is 3. The van der Waals surface area contributed by atoms with Crippen molar-refractivity contribution in [2.45, 2.75) is 32.6 Å². The van der Waals surface area contributed by atoms with E-state index in [1.165, 1.54) is 24.3 Å². The molecule has 3 aromatic rings. The third-order valence-corrected chi connectivity index (χ3v) is 4.71. The summed E-state index contributed by atoms with van der Waals surface area (Å²) in [5.74, 6) is -0.704. The lowest BCUT2D eigenvalue weighted by Gasteiger charge is -2.05. The number of benzene rings is 2. The van der Waals surface area contributed by atoms with Gasteiger partial charge < -0.3 is 5.32 Å². The first-order chi connectivity index (χ1) is 14.0. The average Bonchev–Trinajstić information content (AvgIpc) is 3.11. The van der Waals surface area contributed by atoms with Gasteiger partial charge in [0.2, 0.25) is 5.91 Å². The summed E-state index contributed by atoms with van der Waals surface area (Å²) in [6, 6.07) is 15.3. The van der Waals surface area contributed by atoms with Crippen LogP contribution in [0.15, 0.2) is 60.8 Å². The average molecular weight is 393 g/mol. The van der Waals surface area contributed by atoms with Crippen LogP contribution in [0.2, 0.25) is 0 Å². The van der Waals surface area contributed by atoms with E-state index in [2.05, 4.69) is 10.4 Å². The first-order valence-corrected chi connectivity index (χ1v) is 9.69. The molecule has 0 radical (unpaired) electrons. The van der Waals surface area contributed by atoms with Crippen molar-refractivity contribution in [3.05, 3.63) is 83.4 Å². The molecule has 2 aromatic carbocycles. The van der Waals surface area contributed by atoms with Crippen LogP contribution in [0, 0.1) is 12.7 Å². The van der Waals surface area contributed by atoms with Crippen molar-refractivity contribution >= 4 is 11.7 Å². The van der Waals surface area contributed by atoms with Gasteiger partial charge in [-0.05, 0) is 61.7 Å². The summed E-state index contributed by atoms with van der Waals surface area (Å²) in [4.78, 5) is 24.0. The number of ketones is 1. The summed E-state index contributed by atoms with van der Waals surface area (Å²) in [6.07, 6.45) is 3.86. The van der Waals surface area contributed by atoms with E-state index >= 15 is 0 Å². The predicted octanol–water partition coefficient (Wildman–Crippen LogP) is 4.03. The number of amides is 1. The molecule has 1 amide bonds. The van der Waals surface area contributed by atoms with Gasteiger partial charge in [-0.3, -0.25) is 9.59 Å². The van der Waals surface area contributed by atoms with Crippen molar-refractivity contribution in [2.24, 2.45) is 0 Å². The Balaban J connectivity index is 1.39. The molecule has 0 bridgehead atoms. The van der Waals surface area contributed by atoms with E-state index in [-0.39, 0.29) is 30.3 Å². The minimum absolute atomic E-state index is 0.112. The Kier molecular flexibility index (Phi) is 6.89. The second-order valence-electron chi connectivity index (χ2n) is 6.90. The van der Waals surface area contributed by atoms with Crippen LogP contribution in [-0.4, -0.2) is 28.0 Å². The Bertz CT molecular complexity index is 966. The fourth-order valence-electron chi connectivity index (χ4n) is 3.06. The minimum Gasteiger partial charge on any atom is -0.356 e. The summed E-state index contributed by atoms with van der Waals surface area (Å²) < 4.78 is 14.8. The smallest absolute Gasteiger partial charge is 0.220 e. The molecule has 150 valence electrons. The van der Waals surface area contributed by atoms with Crippen LogP contribution in [-0.2, 0) is 11.2 Å². The quantitative estimate of drug-likeness (QED) is 0.441. The molecule has 6 heteroatoms. The van der Waals surface area contributed by atoms with Crippen LogP contribution in [0.5, 0.6) is 0 Å². The standard InChI is InChI=1S/C23H24FN3O2/c1-17-19(16-27(26-17)21-7-3-2-4-8-21)6-5-15-25-23(29)14-13-22(28)18-9-11-20(24)12-10-18/h2-4,7-12,16H,5-6,13-15H2,1H3,(H,25,29). The van der Waals surface area contributed by atoms with E-state index in [9.17, 15) is 14.0 Å². The van der Waals surface area contributed by atoms with E-state index < -0.39 is 0 Å². The van der Waals surface area contributed by atoms with Crippen molar-refractivity contribution in [2.75, 3.05) is 6.54 Å². The first-order valence-electron chi connectivity index (χ1n) is 9.69. The maximum absolute atomic E-state index is 12.9. The number of carbonyl (C=O) groups excluding carboxylic acids is 2. The van der Waals surface area contributed by atoms with Gasteiger partial charge in [-0.15, -0.1) is 0 Å². The Labute approximate surface area is 169 Å². The van der Waals surface area contributed by atoms with E-state index in [0.717, 1.165) is 29.8 Å². The molecule has 0 fully saturated rings. The van der Waals surface area contributed by atoms with Crippen LogP contribution in [0.4, 0.5) is 4.39 Å². The van der Waals surface area contributed by atoms with Gasteiger partial charge in [0.1, 0.15) is 5.82 Å². The van der Waals surface area contributed by atoms with Gasteiger partial charge in [-0.1, -0.05) is 18.2 Å². The van der Waals surface area contributed by atoms with Crippen molar-refractivity contribution < 1.29 is 14.0 Å². The largest absolute Gasteiger partial charge is 0.356 e. The normalized spacial score (nSPS) is 10.7. The number of nitrogens with one attached hydrogen (secondary N) is 1. The number of halogens is 1. The maximum atomic E-state index is 12.9. The second-order valence-corrected chi connectivity index (χ2v) is 6.90. The molecule has 3 rings (SSSR count). The molecule has 0 aliphatic rings. The Morgan fingerprint density at radius 3 is 2.48 bits per heavy atom. The molecule has 0 unspecified atom stereocenters. The number of aromatic nitrogens is 2. The lowest BCUT2D eigenvalue weighted by atomic mass is 10.1. The highest BCUT2D eigenvalue weighted by molar-refractivity contribution is 5.97. The number of rotatable bonds is 9. The Morgan fingerprint density at radius 1 is 1.03 bits per heavy atom. The highest BCUT2D eigenvalue weighted by Gasteiger charge is 2.10. The number of nitrogens with zero attached hydrogens (tertiary/aromatic N) is 2. The second kappa shape index (κ2) is 9.78. The third kappa shape index (κ3) is 5.85. The monoisotopic (exact) mass is 393 g/mol. The topological polar surface area (TPSA) is 64.0 Å². The fraction of sp³-hybridized carbons (Fsp3) is 0.261. The number of carbonyl (C=O) groups is 2. The lowest BCUT2D eigenvalue weighted by molar-refractivity contribution is -0.121. The van der Waals surface area contributed by atoms with Crippen LogP contribution >= 0.6 is 0 Å². The summed E-state index contributed by atoms with van der Waals surface area (Å²) in [5, 5.41) is 7.39. The van der Waals surface area contributed by atoms with E-state index in [4.69, 9.17) is 0 Å². The summed E-state index contributed by atoms with van der Waals surface area (Å²) in [5.41, 5.74) is 3.56. The van der Waals surface area contributed by atoms with Gasteiger partial charge >= 0.3 is 0 Å². The third-order valence-electron chi connectivity index (χ3n) is 4.71. The van der Waals surface area contributed by atoms with Crippen molar-refractivity contribution in [1.82, 2.24) is 15.1 Å². The molecule has 0 aliphatic heterocycles. The van der Waals surface area contributed by atoms with Crippen LogP contribution in [0.25, 0.3) is 5.69 Å². The molecule has 0 spiro atoms. The molecule has 1 aromatic heterocycles. The zero-order chi connectivity index (χ0) is 20.6. The van der Waals surface area contributed by atoms with Gasteiger partial charge in [0.15, 0.2) is 5.78 Å². The zero-order valence-corrected chi connectivity index (χ0v) is 16.4. The maximum Gasteiger partial charge on any atom is 0.220 e. The molecule has 0 saturated carbocycles. The highest BCUT2D eigenvalue weighted by Crippen LogP contribution is 2.13. The molecular formula is C23H24FN3O2. The highest BCUT2D eigenvalue weighted by atomic mass is 19.1. The van der Waals surface area contributed by atoms with Crippen molar-refractivity contribution in [3.63, 3.8) is 0 Å². The number of Topliss-reactive ketones (excluding diaryl/α,β-unsaturated/α-hetero) is 1. The number of aryl methyl sites for hydroxylation is 2. The van der Waals surface area contributed by atoms with Gasteiger partial charge in [0.05, 0.1) is 11.4 Å². The Hall–Kier alpha value is -3.28. The molecule has 0 atom stereocenters. The summed E-state index contributed by atoms with van der Waals surface area (Å²) in [7, 11) is 0. The van der Waals surface area contributed by atoms with Crippen molar-refractivity contribution in [3.8, 4) is 5.69 Å². The molecule has 29 heavy (non-hydrogen) atoms. The summed E-state index contributed by atoms with van der Waals surface area (Å²) >= 11 is 0. The number of para-hydroxylation sites is 1. The van der Waals surface area contributed by atoms with Gasteiger partial charge in [0, 0.05) is 31.1 Å². The van der Waals surface area contributed by atoms with Crippen LogP contribution < -0.4 is 5.32 Å². The predicted molar refractivity (Wildman–Crippen MR) is 110 cm³/mol. The lowest BCUT2D eigenvalue weighted by Crippen LogP contribution is -2.25. The molecule has 0 saturated heterocycles.